The zero-order valence-corrected chi connectivity index (χ0v) is 10.6. The second kappa shape index (κ2) is 5.87. The van der Waals surface area contributed by atoms with Crippen molar-refractivity contribution < 1.29 is 14.6 Å². The Labute approximate surface area is 107 Å². The normalized spacial score (nSPS) is 14.3. The molecule has 2 rings (SSSR count). The number of hydrogen-bond donors (Lipinski definition) is 2. The van der Waals surface area contributed by atoms with Crippen molar-refractivity contribution in [2.75, 3.05) is 13.2 Å². The zero-order valence-electron chi connectivity index (χ0n) is 10.6. The molecule has 4 nitrogen and oxygen atoms in total. The first-order valence-electron chi connectivity index (χ1n) is 6.29. The quantitative estimate of drug-likeness (QED) is 0.801. The average molecular weight is 249 g/mol. The van der Waals surface area contributed by atoms with Crippen LogP contribution in [0.25, 0.3) is 0 Å². The summed E-state index contributed by atoms with van der Waals surface area (Å²) in [5, 5.41) is 11.3. The van der Waals surface area contributed by atoms with Gasteiger partial charge in [-0.2, -0.15) is 0 Å². The largest absolute Gasteiger partial charge is 0.493 e. The number of benzene rings is 1. The molecule has 98 valence electrons. The van der Waals surface area contributed by atoms with Crippen LogP contribution in [0.3, 0.4) is 0 Å². The van der Waals surface area contributed by atoms with E-state index >= 15 is 0 Å². The maximum Gasteiger partial charge on any atom is 0.245 e. The first kappa shape index (κ1) is 12.9. The molecule has 0 saturated heterocycles. The third kappa shape index (κ3) is 3.74. The number of ether oxygens (including phenoxy) is 1. The van der Waals surface area contributed by atoms with Gasteiger partial charge in [0.25, 0.3) is 0 Å². The monoisotopic (exact) mass is 249 g/mol. The second-order valence-corrected chi connectivity index (χ2v) is 4.80. The van der Waals surface area contributed by atoms with Gasteiger partial charge in [0.05, 0.1) is 6.61 Å². The van der Waals surface area contributed by atoms with E-state index in [1.165, 1.54) is 12.8 Å². The van der Waals surface area contributed by atoms with Crippen molar-refractivity contribution in [3.63, 3.8) is 0 Å². The molecule has 1 fully saturated rings. The molecule has 1 saturated carbocycles. The molecule has 1 amide bonds. The van der Waals surface area contributed by atoms with Gasteiger partial charge in [-0.05, 0) is 37.3 Å². The van der Waals surface area contributed by atoms with Crippen LogP contribution >= 0.6 is 0 Å². The standard InChI is InChI=1S/C14H19NO3/c1-10-2-5-12(7-15-14(17)8-16)13(6-10)18-9-11-3-4-11/h2,5-6,11,16H,3-4,7-9H2,1H3,(H,15,17). The topological polar surface area (TPSA) is 58.6 Å². The molecule has 0 bridgehead atoms. The lowest BCUT2D eigenvalue weighted by atomic mass is 10.1. The molecular formula is C14H19NO3. The van der Waals surface area contributed by atoms with E-state index in [1.807, 2.05) is 25.1 Å². The van der Waals surface area contributed by atoms with Crippen LogP contribution in [0, 0.1) is 12.8 Å². The highest BCUT2D eigenvalue weighted by atomic mass is 16.5. The van der Waals surface area contributed by atoms with Gasteiger partial charge in [-0.25, -0.2) is 0 Å². The molecule has 0 unspecified atom stereocenters. The lowest BCUT2D eigenvalue weighted by molar-refractivity contribution is -0.123. The first-order valence-corrected chi connectivity index (χ1v) is 6.29. The minimum absolute atomic E-state index is 0.372. The maximum absolute atomic E-state index is 11.0. The van der Waals surface area contributed by atoms with Crippen LogP contribution in [0.2, 0.25) is 0 Å². The Morgan fingerprint density at radius 3 is 2.94 bits per heavy atom. The van der Waals surface area contributed by atoms with E-state index in [9.17, 15) is 4.79 Å². The number of rotatable bonds is 6. The predicted octanol–water partition coefficient (Wildman–Crippen LogP) is 1.39. The maximum atomic E-state index is 11.0. The SMILES string of the molecule is Cc1ccc(CNC(=O)CO)c(OCC2CC2)c1. The number of hydrogen-bond acceptors (Lipinski definition) is 3. The fourth-order valence-corrected chi connectivity index (χ4v) is 1.68. The van der Waals surface area contributed by atoms with Crippen LogP contribution in [0.15, 0.2) is 18.2 Å². The number of amides is 1. The number of carbonyl (C=O) groups is 1. The Bertz CT molecular complexity index is 427. The highest BCUT2D eigenvalue weighted by Crippen LogP contribution is 2.30. The van der Waals surface area contributed by atoms with Crippen LogP contribution in [-0.2, 0) is 11.3 Å². The predicted molar refractivity (Wildman–Crippen MR) is 68.3 cm³/mol. The number of aliphatic hydroxyl groups excluding tert-OH is 1. The van der Waals surface area contributed by atoms with Crippen molar-refractivity contribution in [2.45, 2.75) is 26.3 Å². The van der Waals surface area contributed by atoms with E-state index in [-0.39, 0.29) is 5.91 Å². The van der Waals surface area contributed by atoms with Gasteiger partial charge < -0.3 is 15.2 Å². The van der Waals surface area contributed by atoms with Gasteiger partial charge in [-0.15, -0.1) is 0 Å². The number of carbonyl (C=O) groups excluding carboxylic acids is 1. The van der Waals surface area contributed by atoms with Crippen molar-refractivity contribution in [2.24, 2.45) is 5.92 Å². The van der Waals surface area contributed by atoms with Gasteiger partial charge in [0.2, 0.25) is 5.91 Å². The molecule has 1 aromatic rings. The van der Waals surface area contributed by atoms with E-state index in [1.54, 1.807) is 0 Å². The van der Waals surface area contributed by atoms with Crippen molar-refractivity contribution in [1.29, 1.82) is 0 Å². The zero-order chi connectivity index (χ0) is 13.0. The van der Waals surface area contributed by atoms with Crippen LogP contribution in [-0.4, -0.2) is 24.2 Å². The molecule has 0 aliphatic heterocycles. The molecule has 4 heteroatoms. The van der Waals surface area contributed by atoms with E-state index in [2.05, 4.69) is 5.32 Å². The molecular weight excluding hydrogens is 230 g/mol. The summed E-state index contributed by atoms with van der Waals surface area (Å²) in [5.41, 5.74) is 2.08. The van der Waals surface area contributed by atoms with Gasteiger partial charge in [-0.1, -0.05) is 12.1 Å². The van der Waals surface area contributed by atoms with Crippen molar-refractivity contribution in [1.82, 2.24) is 5.32 Å². The summed E-state index contributed by atoms with van der Waals surface area (Å²) in [6, 6.07) is 5.93. The molecule has 18 heavy (non-hydrogen) atoms. The van der Waals surface area contributed by atoms with Crippen molar-refractivity contribution in [3.05, 3.63) is 29.3 Å². The van der Waals surface area contributed by atoms with Gasteiger partial charge >= 0.3 is 0 Å². The molecule has 2 N–H and O–H groups in total. The highest BCUT2D eigenvalue weighted by molar-refractivity contribution is 5.76. The molecule has 1 aromatic carbocycles. The summed E-state index contributed by atoms with van der Waals surface area (Å²) in [5.74, 6) is 1.16. The lowest BCUT2D eigenvalue weighted by Crippen LogP contribution is -2.25. The Kier molecular flexibility index (Phi) is 4.20. The van der Waals surface area contributed by atoms with Gasteiger partial charge in [0.15, 0.2) is 0 Å². The molecule has 0 spiro atoms. The van der Waals surface area contributed by atoms with Gasteiger partial charge in [0.1, 0.15) is 12.4 Å². The van der Waals surface area contributed by atoms with E-state index < -0.39 is 6.61 Å². The van der Waals surface area contributed by atoms with E-state index in [0.29, 0.717) is 12.5 Å². The summed E-state index contributed by atoms with van der Waals surface area (Å²) in [6.07, 6.45) is 2.50. The van der Waals surface area contributed by atoms with Crippen molar-refractivity contribution in [3.8, 4) is 5.75 Å². The second-order valence-electron chi connectivity index (χ2n) is 4.80. The summed E-state index contributed by atoms with van der Waals surface area (Å²) < 4.78 is 5.79. The summed E-state index contributed by atoms with van der Waals surface area (Å²) >= 11 is 0. The molecule has 1 aliphatic carbocycles. The van der Waals surface area contributed by atoms with Crippen LogP contribution < -0.4 is 10.1 Å². The molecule has 0 radical (unpaired) electrons. The Morgan fingerprint density at radius 2 is 2.28 bits per heavy atom. The molecule has 0 atom stereocenters. The number of nitrogens with one attached hydrogen (secondary N) is 1. The molecule has 0 heterocycles. The van der Waals surface area contributed by atoms with Gasteiger partial charge in [-0.3, -0.25) is 4.79 Å². The van der Waals surface area contributed by atoms with E-state index in [0.717, 1.165) is 23.5 Å². The Hall–Kier alpha value is -1.55. The highest BCUT2D eigenvalue weighted by Gasteiger charge is 2.22. The Balaban J connectivity index is 1.99. The van der Waals surface area contributed by atoms with Crippen LogP contribution in [0.5, 0.6) is 5.75 Å². The summed E-state index contributed by atoms with van der Waals surface area (Å²) in [7, 11) is 0. The van der Waals surface area contributed by atoms with E-state index in [4.69, 9.17) is 9.84 Å². The third-order valence-electron chi connectivity index (χ3n) is 3.01. The minimum atomic E-state index is -0.482. The number of aryl methyl sites for hydroxylation is 1. The summed E-state index contributed by atoms with van der Waals surface area (Å²) in [6.45, 7) is 2.67. The smallest absolute Gasteiger partial charge is 0.245 e. The fraction of sp³-hybridized carbons (Fsp3) is 0.500. The third-order valence-corrected chi connectivity index (χ3v) is 3.01. The molecule has 0 aromatic heterocycles. The average Bonchev–Trinajstić information content (AvgIpc) is 3.18. The minimum Gasteiger partial charge on any atom is -0.493 e. The number of aliphatic hydroxyl groups is 1. The summed E-state index contributed by atoms with van der Waals surface area (Å²) in [4.78, 5) is 11.0. The van der Waals surface area contributed by atoms with Crippen molar-refractivity contribution >= 4 is 5.91 Å². The lowest BCUT2D eigenvalue weighted by Gasteiger charge is -2.12. The van der Waals surface area contributed by atoms with Gasteiger partial charge in [0, 0.05) is 12.1 Å². The first-order chi connectivity index (χ1) is 8.69. The Morgan fingerprint density at radius 1 is 1.50 bits per heavy atom. The fourth-order valence-electron chi connectivity index (χ4n) is 1.68. The molecule has 1 aliphatic rings. The van der Waals surface area contributed by atoms with Crippen LogP contribution in [0.4, 0.5) is 0 Å². The van der Waals surface area contributed by atoms with Crippen LogP contribution in [0.1, 0.15) is 24.0 Å².